The van der Waals surface area contributed by atoms with E-state index in [2.05, 4.69) is 5.92 Å². The molecule has 0 aliphatic heterocycles. The van der Waals surface area contributed by atoms with E-state index in [1.54, 1.807) is 16.7 Å². The van der Waals surface area contributed by atoms with Crippen LogP contribution >= 0.6 is 0 Å². The molecule has 2 aromatic carbocycles. The molecule has 4 heteroatoms. The molecule has 0 spiro atoms. The first-order chi connectivity index (χ1) is 10.7. The first-order valence-electron chi connectivity index (χ1n) is 6.72. The van der Waals surface area contributed by atoms with Crippen molar-refractivity contribution < 1.29 is 14.6 Å². The van der Waals surface area contributed by atoms with Gasteiger partial charge in [0.05, 0.1) is 6.54 Å². The number of hydrogen-bond acceptors (Lipinski definition) is 2. The fraction of sp³-hybridized carbons (Fsp3) is 0.0556. The van der Waals surface area contributed by atoms with Crippen molar-refractivity contribution in [3.63, 3.8) is 0 Å². The van der Waals surface area contributed by atoms with Gasteiger partial charge in [0.15, 0.2) is 0 Å². The lowest BCUT2D eigenvalue weighted by Gasteiger charge is -2.06. The molecule has 0 aliphatic rings. The lowest BCUT2D eigenvalue weighted by atomic mass is 10.2. The molecule has 1 aromatic heterocycles. The van der Waals surface area contributed by atoms with E-state index in [-0.39, 0.29) is 12.2 Å². The van der Waals surface area contributed by atoms with Crippen molar-refractivity contribution in [2.75, 3.05) is 0 Å². The molecule has 0 amide bonds. The molecule has 108 valence electrons. The van der Waals surface area contributed by atoms with E-state index in [0.717, 1.165) is 16.7 Å². The zero-order chi connectivity index (χ0) is 15.5. The highest BCUT2D eigenvalue weighted by Gasteiger charge is 2.14. The molecule has 0 fully saturated rings. The van der Waals surface area contributed by atoms with Gasteiger partial charge in [0.2, 0.25) is 0 Å². The molecule has 0 saturated heterocycles. The molecule has 0 unspecified atom stereocenters. The van der Waals surface area contributed by atoms with E-state index < -0.39 is 5.97 Å². The van der Waals surface area contributed by atoms with Crippen LogP contribution in [0.15, 0.2) is 54.6 Å². The Kier molecular flexibility index (Phi) is 3.55. The van der Waals surface area contributed by atoms with Crippen LogP contribution in [0.25, 0.3) is 10.9 Å². The number of carboxylic acids is 1. The van der Waals surface area contributed by atoms with Gasteiger partial charge in [-0.15, -0.1) is 6.42 Å². The van der Waals surface area contributed by atoms with Gasteiger partial charge in [0.25, 0.3) is 0 Å². The van der Waals surface area contributed by atoms with Gasteiger partial charge in [0.1, 0.15) is 17.2 Å². The highest BCUT2D eigenvalue weighted by molar-refractivity contribution is 5.95. The van der Waals surface area contributed by atoms with Gasteiger partial charge < -0.3 is 14.4 Å². The highest BCUT2D eigenvalue weighted by Crippen LogP contribution is 2.28. The Balaban J connectivity index is 2.03. The maximum absolute atomic E-state index is 11.3. The predicted molar refractivity (Wildman–Crippen MR) is 84.2 cm³/mol. The topological polar surface area (TPSA) is 51.5 Å². The smallest absolute Gasteiger partial charge is 0.352 e. The van der Waals surface area contributed by atoms with Crippen LogP contribution in [-0.4, -0.2) is 15.6 Å². The minimum absolute atomic E-state index is 0.171. The molecule has 4 nitrogen and oxygen atoms in total. The fourth-order valence-electron chi connectivity index (χ4n) is 2.38. The number of benzene rings is 2. The number of aromatic nitrogens is 1. The van der Waals surface area contributed by atoms with Crippen LogP contribution in [0, 0.1) is 12.3 Å². The van der Waals surface area contributed by atoms with Crippen LogP contribution in [-0.2, 0) is 6.54 Å². The molecule has 0 bridgehead atoms. The molecule has 1 heterocycles. The highest BCUT2D eigenvalue weighted by atomic mass is 16.5. The molecule has 3 rings (SSSR count). The average molecular weight is 291 g/mol. The van der Waals surface area contributed by atoms with Gasteiger partial charge in [-0.05, 0) is 36.4 Å². The monoisotopic (exact) mass is 291 g/mol. The molecule has 22 heavy (non-hydrogen) atoms. The predicted octanol–water partition coefficient (Wildman–Crippen LogP) is 3.77. The summed E-state index contributed by atoms with van der Waals surface area (Å²) < 4.78 is 7.36. The Hall–Kier alpha value is -3.19. The number of carboxylic acid groups (broad SMARTS) is 1. The second-order valence-corrected chi connectivity index (χ2v) is 4.76. The zero-order valence-electron chi connectivity index (χ0n) is 11.7. The van der Waals surface area contributed by atoms with Gasteiger partial charge in [0, 0.05) is 10.9 Å². The maximum atomic E-state index is 11.3. The normalized spacial score (nSPS) is 10.3. The molecular weight excluding hydrogens is 278 g/mol. The lowest BCUT2D eigenvalue weighted by molar-refractivity contribution is 0.0686. The summed E-state index contributed by atoms with van der Waals surface area (Å²) in [5, 5.41) is 10.1. The lowest BCUT2D eigenvalue weighted by Crippen LogP contribution is -2.07. The number of hydrogen-bond donors (Lipinski definition) is 1. The summed E-state index contributed by atoms with van der Waals surface area (Å²) in [5.74, 6) is 2.85. The van der Waals surface area contributed by atoms with Crippen LogP contribution in [0.2, 0.25) is 0 Å². The number of rotatable bonds is 4. The number of para-hydroxylation sites is 1. The van der Waals surface area contributed by atoms with Crippen molar-refractivity contribution in [3.8, 4) is 23.8 Å². The van der Waals surface area contributed by atoms with E-state index in [9.17, 15) is 9.90 Å². The Morgan fingerprint density at radius 3 is 2.59 bits per heavy atom. The second kappa shape index (κ2) is 5.66. The first-order valence-corrected chi connectivity index (χ1v) is 6.72. The Bertz CT molecular complexity index is 872. The van der Waals surface area contributed by atoms with Gasteiger partial charge in [-0.25, -0.2) is 4.79 Å². The van der Waals surface area contributed by atoms with Gasteiger partial charge in [-0.1, -0.05) is 24.1 Å². The Labute approximate surface area is 127 Å². The van der Waals surface area contributed by atoms with Gasteiger partial charge in [-0.3, -0.25) is 0 Å². The molecule has 0 aliphatic carbocycles. The number of nitrogens with zero attached hydrogens (tertiary/aromatic N) is 1. The van der Waals surface area contributed by atoms with Crippen molar-refractivity contribution in [1.29, 1.82) is 0 Å². The maximum Gasteiger partial charge on any atom is 0.352 e. The van der Waals surface area contributed by atoms with Crippen LogP contribution in [0.3, 0.4) is 0 Å². The van der Waals surface area contributed by atoms with E-state index >= 15 is 0 Å². The summed E-state index contributed by atoms with van der Waals surface area (Å²) in [5.41, 5.74) is 0.945. The second-order valence-electron chi connectivity index (χ2n) is 4.76. The van der Waals surface area contributed by atoms with Crippen LogP contribution < -0.4 is 4.74 Å². The molecule has 0 radical (unpaired) electrons. The Morgan fingerprint density at radius 1 is 1.14 bits per heavy atom. The van der Waals surface area contributed by atoms with Crippen molar-refractivity contribution in [2.45, 2.75) is 6.54 Å². The minimum atomic E-state index is -1.00. The quantitative estimate of drug-likeness (QED) is 0.744. The molecular formula is C18H13NO3. The van der Waals surface area contributed by atoms with Gasteiger partial charge >= 0.3 is 5.97 Å². The summed E-state index contributed by atoms with van der Waals surface area (Å²) in [4.78, 5) is 11.3. The third-order valence-corrected chi connectivity index (χ3v) is 3.32. The van der Waals surface area contributed by atoms with Crippen molar-refractivity contribution in [1.82, 2.24) is 4.57 Å². The zero-order valence-corrected chi connectivity index (χ0v) is 11.7. The van der Waals surface area contributed by atoms with Crippen molar-refractivity contribution >= 4 is 16.9 Å². The van der Waals surface area contributed by atoms with Crippen molar-refractivity contribution in [3.05, 3.63) is 60.3 Å². The summed E-state index contributed by atoms with van der Waals surface area (Å²) in [7, 11) is 0. The minimum Gasteiger partial charge on any atom is -0.477 e. The van der Waals surface area contributed by atoms with E-state index in [1.807, 2.05) is 42.5 Å². The number of carbonyl (C=O) groups is 1. The number of ether oxygens (including phenoxy) is 1. The summed E-state index contributed by atoms with van der Waals surface area (Å²) in [6.45, 7) is 0.212. The number of aromatic carboxylic acids is 1. The Morgan fingerprint density at radius 2 is 1.91 bits per heavy atom. The average Bonchev–Trinajstić information content (AvgIpc) is 2.87. The van der Waals surface area contributed by atoms with E-state index in [4.69, 9.17) is 11.2 Å². The summed E-state index contributed by atoms with van der Waals surface area (Å²) in [6.07, 6.45) is 5.32. The van der Waals surface area contributed by atoms with Gasteiger partial charge in [-0.2, -0.15) is 0 Å². The molecule has 0 atom stereocenters. The van der Waals surface area contributed by atoms with E-state index in [1.165, 1.54) is 0 Å². The molecule has 0 saturated carbocycles. The van der Waals surface area contributed by atoms with Crippen LogP contribution in [0.5, 0.6) is 11.5 Å². The molecule has 1 N–H and O–H groups in total. The van der Waals surface area contributed by atoms with E-state index in [0.29, 0.717) is 5.75 Å². The fourth-order valence-corrected chi connectivity index (χ4v) is 2.38. The van der Waals surface area contributed by atoms with Crippen LogP contribution in [0.1, 0.15) is 10.5 Å². The summed E-state index contributed by atoms with van der Waals surface area (Å²) in [6, 6.07) is 16.4. The SMILES string of the molecule is C#CCn1c(C(=O)O)cc2cc(Oc3ccccc3)ccc21. The number of fused-ring (bicyclic) bond motifs is 1. The molecule has 3 aromatic rings. The first kappa shape index (κ1) is 13.8. The third kappa shape index (κ3) is 2.52. The standard InChI is InChI=1S/C18H13NO3/c1-2-10-19-16-9-8-15(22-14-6-4-3-5-7-14)11-13(16)12-17(19)18(20)21/h1,3-9,11-12H,10H2,(H,20,21). The summed E-state index contributed by atoms with van der Waals surface area (Å²) >= 11 is 0. The number of terminal acetylenes is 1. The third-order valence-electron chi connectivity index (χ3n) is 3.32. The van der Waals surface area contributed by atoms with Crippen LogP contribution in [0.4, 0.5) is 0 Å². The largest absolute Gasteiger partial charge is 0.477 e. The van der Waals surface area contributed by atoms with Crippen molar-refractivity contribution in [2.24, 2.45) is 0 Å².